The predicted octanol–water partition coefficient (Wildman–Crippen LogP) is 5.26. The molecule has 1 aliphatic rings. The molecule has 0 fully saturated rings. The SMILES string of the molecule is Clc1ccc(CN(Cc2cccnc2)C2=NCC(CI)S2)cc1.I. The standard InChI is InChI=1S/C17H17ClIN3S.HI/c18-15-5-3-13(4-6-15)11-22(12-14-2-1-7-20-9-14)17-21-10-16(8-19)23-17;/h1-7,9,16H,8,10-12H2;1H. The van der Waals surface area contributed by atoms with Gasteiger partial charge in [-0.1, -0.05) is 64.2 Å². The summed E-state index contributed by atoms with van der Waals surface area (Å²) in [5.74, 6) is 0. The van der Waals surface area contributed by atoms with Crippen LogP contribution in [-0.2, 0) is 13.1 Å². The number of hydrogen-bond acceptors (Lipinski definition) is 4. The third-order valence-electron chi connectivity index (χ3n) is 3.53. The first-order chi connectivity index (χ1) is 11.2. The summed E-state index contributed by atoms with van der Waals surface area (Å²) in [4.78, 5) is 11.3. The number of thioether (sulfide) groups is 1. The maximum absolute atomic E-state index is 5.99. The Balaban J connectivity index is 0.00000208. The number of halogens is 3. The van der Waals surface area contributed by atoms with Gasteiger partial charge in [0.05, 0.1) is 6.54 Å². The Bertz CT molecular complexity index is 667. The molecule has 1 unspecified atom stereocenters. The Morgan fingerprint density at radius 3 is 2.54 bits per heavy atom. The van der Waals surface area contributed by atoms with E-state index in [-0.39, 0.29) is 24.0 Å². The average Bonchev–Trinajstić information content (AvgIpc) is 3.06. The molecule has 3 rings (SSSR count). The van der Waals surface area contributed by atoms with Crippen LogP contribution in [0.2, 0.25) is 5.02 Å². The zero-order valence-electron chi connectivity index (χ0n) is 12.9. The number of benzene rings is 1. The minimum absolute atomic E-state index is 0. The van der Waals surface area contributed by atoms with Gasteiger partial charge in [0.15, 0.2) is 5.17 Å². The average molecular weight is 586 g/mol. The van der Waals surface area contributed by atoms with E-state index in [2.05, 4.69) is 50.7 Å². The van der Waals surface area contributed by atoms with Crippen LogP contribution >= 0.6 is 69.9 Å². The maximum atomic E-state index is 5.99. The topological polar surface area (TPSA) is 28.5 Å². The van der Waals surface area contributed by atoms with Gasteiger partial charge in [0, 0.05) is 40.2 Å². The van der Waals surface area contributed by atoms with Crippen molar-refractivity contribution in [3.63, 3.8) is 0 Å². The number of amidine groups is 1. The zero-order valence-corrected chi connectivity index (χ0v) is 19.0. The third kappa shape index (κ3) is 5.74. The van der Waals surface area contributed by atoms with Crippen LogP contribution in [-0.4, -0.2) is 31.3 Å². The van der Waals surface area contributed by atoms with Gasteiger partial charge >= 0.3 is 0 Å². The van der Waals surface area contributed by atoms with Crippen molar-refractivity contribution in [1.29, 1.82) is 0 Å². The van der Waals surface area contributed by atoms with Crippen molar-refractivity contribution in [1.82, 2.24) is 9.88 Å². The molecule has 2 aromatic rings. The van der Waals surface area contributed by atoms with E-state index in [9.17, 15) is 0 Å². The predicted molar refractivity (Wildman–Crippen MR) is 123 cm³/mol. The largest absolute Gasteiger partial charge is 0.343 e. The van der Waals surface area contributed by atoms with Crippen LogP contribution in [0.1, 0.15) is 11.1 Å². The second-order valence-electron chi connectivity index (χ2n) is 5.36. The summed E-state index contributed by atoms with van der Waals surface area (Å²) >= 11 is 10.3. The lowest BCUT2D eigenvalue weighted by Gasteiger charge is -2.24. The minimum Gasteiger partial charge on any atom is -0.343 e. The van der Waals surface area contributed by atoms with Crippen molar-refractivity contribution in [2.24, 2.45) is 4.99 Å². The molecule has 0 saturated carbocycles. The fourth-order valence-corrected chi connectivity index (χ4v) is 4.25. The van der Waals surface area contributed by atoms with Gasteiger partial charge in [0.1, 0.15) is 0 Å². The second kappa shape index (κ2) is 10.2. The molecule has 2 heterocycles. The molecule has 7 heteroatoms. The number of pyridine rings is 1. The number of alkyl halides is 1. The lowest BCUT2D eigenvalue weighted by Crippen LogP contribution is -2.27. The summed E-state index contributed by atoms with van der Waals surface area (Å²) in [6, 6.07) is 12.1. The van der Waals surface area contributed by atoms with Crippen LogP contribution < -0.4 is 0 Å². The van der Waals surface area contributed by atoms with E-state index >= 15 is 0 Å². The zero-order chi connectivity index (χ0) is 16.1. The van der Waals surface area contributed by atoms with Gasteiger partial charge < -0.3 is 4.90 Å². The van der Waals surface area contributed by atoms with Gasteiger partial charge in [-0.05, 0) is 29.3 Å². The lowest BCUT2D eigenvalue weighted by molar-refractivity contribution is 0.414. The minimum atomic E-state index is 0. The van der Waals surface area contributed by atoms with Crippen molar-refractivity contribution in [2.75, 3.05) is 11.0 Å². The lowest BCUT2D eigenvalue weighted by atomic mass is 10.2. The van der Waals surface area contributed by atoms with Gasteiger partial charge in [-0.15, -0.1) is 24.0 Å². The van der Waals surface area contributed by atoms with Crippen molar-refractivity contribution in [3.05, 3.63) is 64.9 Å². The number of hydrogen-bond donors (Lipinski definition) is 0. The molecule has 128 valence electrons. The quantitative estimate of drug-likeness (QED) is 0.354. The second-order valence-corrected chi connectivity index (χ2v) is 7.95. The Hall–Kier alpha value is -0.0600. The monoisotopic (exact) mass is 585 g/mol. The van der Waals surface area contributed by atoms with Crippen molar-refractivity contribution < 1.29 is 0 Å². The molecular weight excluding hydrogens is 568 g/mol. The van der Waals surface area contributed by atoms with Crippen molar-refractivity contribution in [2.45, 2.75) is 18.3 Å². The molecule has 1 aliphatic heterocycles. The van der Waals surface area contributed by atoms with E-state index in [1.807, 2.05) is 36.2 Å². The molecule has 0 radical (unpaired) electrons. The first-order valence-electron chi connectivity index (χ1n) is 7.40. The van der Waals surface area contributed by atoms with Crippen LogP contribution in [0.15, 0.2) is 53.8 Å². The Morgan fingerprint density at radius 2 is 1.92 bits per heavy atom. The van der Waals surface area contributed by atoms with Crippen LogP contribution in [0.3, 0.4) is 0 Å². The molecule has 0 N–H and O–H groups in total. The van der Waals surface area contributed by atoms with Crippen LogP contribution in [0, 0.1) is 0 Å². The molecule has 0 spiro atoms. The molecule has 0 amide bonds. The van der Waals surface area contributed by atoms with Gasteiger partial charge in [-0.25, -0.2) is 0 Å². The fourth-order valence-electron chi connectivity index (χ4n) is 2.37. The van der Waals surface area contributed by atoms with Gasteiger partial charge in [-0.3, -0.25) is 9.98 Å². The van der Waals surface area contributed by atoms with E-state index in [0.717, 1.165) is 34.3 Å². The molecule has 0 bridgehead atoms. The number of rotatable bonds is 5. The number of aromatic nitrogens is 1. The highest BCUT2D eigenvalue weighted by molar-refractivity contribution is 14.1. The molecule has 0 aliphatic carbocycles. The van der Waals surface area contributed by atoms with E-state index < -0.39 is 0 Å². The maximum Gasteiger partial charge on any atom is 0.160 e. The van der Waals surface area contributed by atoms with Crippen LogP contribution in [0.5, 0.6) is 0 Å². The summed E-state index contributed by atoms with van der Waals surface area (Å²) < 4.78 is 1.12. The van der Waals surface area contributed by atoms with E-state index in [4.69, 9.17) is 16.6 Å². The molecule has 1 aromatic heterocycles. The summed E-state index contributed by atoms with van der Waals surface area (Å²) in [5, 5.41) is 2.49. The molecule has 1 atom stereocenters. The summed E-state index contributed by atoms with van der Waals surface area (Å²) in [7, 11) is 0. The number of aliphatic imine (C=N–C) groups is 1. The van der Waals surface area contributed by atoms with E-state index in [1.165, 1.54) is 11.1 Å². The summed E-state index contributed by atoms with van der Waals surface area (Å²) in [5.41, 5.74) is 2.43. The molecule has 1 aromatic carbocycles. The highest BCUT2D eigenvalue weighted by Crippen LogP contribution is 2.27. The van der Waals surface area contributed by atoms with Gasteiger partial charge in [-0.2, -0.15) is 0 Å². The van der Waals surface area contributed by atoms with Crippen molar-refractivity contribution >= 4 is 75.1 Å². The summed E-state index contributed by atoms with van der Waals surface area (Å²) in [6.45, 7) is 2.55. The number of nitrogens with zero attached hydrogens (tertiary/aromatic N) is 3. The fraction of sp³-hybridized carbons (Fsp3) is 0.294. The first-order valence-corrected chi connectivity index (χ1v) is 10.2. The Kier molecular flexibility index (Phi) is 8.59. The van der Waals surface area contributed by atoms with Crippen molar-refractivity contribution in [3.8, 4) is 0 Å². The normalized spacial score (nSPS) is 16.4. The molecular formula is C17H18ClI2N3S. The van der Waals surface area contributed by atoms with Crippen LogP contribution in [0.4, 0.5) is 0 Å². The first kappa shape index (κ1) is 20.3. The molecule has 0 saturated heterocycles. The van der Waals surface area contributed by atoms with Gasteiger partial charge in [0.2, 0.25) is 0 Å². The van der Waals surface area contributed by atoms with Gasteiger partial charge in [0.25, 0.3) is 0 Å². The third-order valence-corrected chi connectivity index (χ3v) is 6.69. The highest BCUT2D eigenvalue weighted by Gasteiger charge is 2.23. The smallest absolute Gasteiger partial charge is 0.160 e. The Labute approximate surface area is 182 Å². The highest BCUT2D eigenvalue weighted by atomic mass is 127. The van der Waals surface area contributed by atoms with Crippen LogP contribution in [0.25, 0.3) is 0 Å². The molecule has 24 heavy (non-hydrogen) atoms. The van der Waals surface area contributed by atoms with E-state index in [0.29, 0.717) is 5.25 Å². The summed E-state index contributed by atoms with van der Waals surface area (Å²) in [6.07, 6.45) is 3.73. The van der Waals surface area contributed by atoms with E-state index in [1.54, 1.807) is 6.20 Å². The Morgan fingerprint density at radius 1 is 1.17 bits per heavy atom. The molecule has 3 nitrogen and oxygen atoms in total.